The Morgan fingerprint density at radius 2 is 0.903 bits per heavy atom. The Kier molecular flexibility index (Phi) is 8.98. The highest BCUT2D eigenvalue weighted by Crippen LogP contribution is 2.49. The van der Waals surface area contributed by atoms with Crippen molar-refractivity contribution in [1.82, 2.24) is 14.1 Å². The number of hydrogen-bond donors (Lipinski definition) is 0. The van der Waals surface area contributed by atoms with Crippen LogP contribution in [0.5, 0.6) is 0 Å². The predicted octanol–water partition coefficient (Wildman–Crippen LogP) is 14.6. The van der Waals surface area contributed by atoms with Crippen LogP contribution in [0.3, 0.4) is 0 Å². The summed E-state index contributed by atoms with van der Waals surface area (Å²) in [7, 11) is 0. The van der Waals surface area contributed by atoms with E-state index in [0.717, 1.165) is 88.6 Å². The van der Waals surface area contributed by atoms with Gasteiger partial charge < -0.3 is 4.57 Å². The fraction of sp³-hybridized carbons (Fsp3) is 0.140. The Labute approximate surface area is 362 Å². The molecule has 0 aliphatic heterocycles. The van der Waals surface area contributed by atoms with Gasteiger partial charge in [0.2, 0.25) is 0 Å². The van der Waals surface area contributed by atoms with Crippen molar-refractivity contribution >= 4 is 43.6 Å². The number of benzene rings is 7. The first-order valence-corrected chi connectivity index (χ1v) is 21.2. The molecule has 0 aliphatic rings. The van der Waals surface area contributed by atoms with Crippen LogP contribution < -0.4 is 0 Å². The minimum absolute atomic E-state index is 0.0515. The molecule has 5 nitrogen and oxygen atoms in total. The molecule has 10 rings (SSSR count). The lowest BCUT2D eigenvalue weighted by molar-refractivity contribution is 0.591. The van der Waals surface area contributed by atoms with Gasteiger partial charge in [0.15, 0.2) is 0 Å². The van der Waals surface area contributed by atoms with Gasteiger partial charge in [0, 0.05) is 38.2 Å². The Morgan fingerprint density at radius 3 is 1.45 bits per heavy atom. The maximum Gasteiger partial charge on any atom is 0.147 e. The summed E-state index contributed by atoms with van der Waals surface area (Å²) >= 11 is 0. The van der Waals surface area contributed by atoms with E-state index in [9.17, 15) is 10.5 Å². The molecule has 0 saturated heterocycles. The van der Waals surface area contributed by atoms with Crippen molar-refractivity contribution in [3.8, 4) is 57.2 Å². The van der Waals surface area contributed by atoms with Crippen molar-refractivity contribution in [2.75, 3.05) is 0 Å². The van der Waals surface area contributed by atoms with Gasteiger partial charge in [-0.1, -0.05) is 157 Å². The molecular weight excluding hydrogens is 755 g/mol. The Balaban J connectivity index is 1.48. The summed E-state index contributed by atoms with van der Waals surface area (Å²) in [6.45, 7) is 13.5. The van der Waals surface area contributed by atoms with Gasteiger partial charge in [-0.3, -0.25) is 4.57 Å². The van der Waals surface area contributed by atoms with Crippen molar-refractivity contribution in [2.24, 2.45) is 0 Å². The monoisotopic (exact) mass is 799 g/mol. The third kappa shape index (κ3) is 6.17. The third-order valence-corrected chi connectivity index (χ3v) is 12.3. The van der Waals surface area contributed by atoms with Crippen molar-refractivity contribution in [1.29, 1.82) is 10.5 Å². The summed E-state index contributed by atoms with van der Waals surface area (Å²) in [4.78, 5) is 5.95. The number of nitriles is 2. The predicted molar refractivity (Wildman–Crippen MR) is 256 cm³/mol. The summed E-state index contributed by atoms with van der Waals surface area (Å²) in [6, 6.07) is 62.1. The van der Waals surface area contributed by atoms with E-state index in [2.05, 4.69) is 196 Å². The molecule has 0 bridgehead atoms. The van der Waals surface area contributed by atoms with Gasteiger partial charge in [-0.2, -0.15) is 10.5 Å². The van der Waals surface area contributed by atoms with Crippen LogP contribution in [-0.4, -0.2) is 14.1 Å². The van der Waals surface area contributed by atoms with Gasteiger partial charge in [0.05, 0.1) is 44.6 Å². The second-order valence-corrected chi connectivity index (χ2v) is 18.3. The molecule has 0 N–H and O–H groups in total. The SMILES string of the molecule is CC(C)(C)c1ccc2c(c1)c1ccccc1n2-c1nc(-c2ccccc2)c(-n2c3ccccc3c3cc(C(C)(C)C)ccc32)c(-c2ccc(C#N)c(C#N)c2)c1-c1ccccc1. The topological polar surface area (TPSA) is 70.3 Å². The molecule has 0 amide bonds. The van der Waals surface area contributed by atoms with Crippen LogP contribution in [0.25, 0.3) is 88.6 Å². The lowest BCUT2D eigenvalue weighted by Gasteiger charge is -2.25. The maximum absolute atomic E-state index is 10.6. The fourth-order valence-corrected chi connectivity index (χ4v) is 9.14. The summed E-state index contributed by atoms with van der Waals surface area (Å²) < 4.78 is 4.71. The molecule has 0 unspecified atom stereocenters. The van der Waals surface area contributed by atoms with Gasteiger partial charge >= 0.3 is 0 Å². The molecule has 3 aromatic heterocycles. The number of aromatic nitrogens is 3. The molecule has 5 heteroatoms. The average molecular weight is 800 g/mol. The van der Waals surface area contributed by atoms with Gasteiger partial charge in [-0.15, -0.1) is 0 Å². The van der Waals surface area contributed by atoms with Gasteiger partial charge in [-0.05, 0) is 81.6 Å². The standard InChI is InChI=1S/C57H45N5/c1-56(2,3)41-27-29-49-45(32-41)43-21-13-15-23-47(43)61(49)54-51(38-25-26-39(34-58)40(31-38)35-59)52(36-17-9-7-10-18-36)55(60-53(54)37-19-11-8-12-20-37)62-48-24-16-14-22-44(48)46-33-42(57(4,5)6)28-30-50(46)62/h7-33H,1-6H3. The van der Waals surface area contributed by atoms with Crippen LogP contribution in [0.1, 0.15) is 63.8 Å². The summed E-state index contributed by atoms with van der Waals surface area (Å²) in [5.41, 5.74) is 13.5. The van der Waals surface area contributed by atoms with E-state index in [0.29, 0.717) is 11.1 Å². The van der Waals surface area contributed by atoms with Crippen LogP contribution in [0.15, 0.2) is 164 Å². The largest absolute Gasteiger partial charge is 0.306 e. The third-order valence-electron chi connectivity index (χ3n) is 12.3. The number of rotatable bonds is 5. The molecule has 0 spiro atoms. The van der Waals surface area contributed by atoms with Crippen LogP contribution in [0.2, 0.25) is 0 Å². The highest BCUT2D eigenvalue weighted by molar-refractivity contribution is 6.13. The number of para-hydroxylation sites is 2. The molecule has 298 valence electrons. The Bertz CT molecular complexity index is 3490. The van der Waals surface area contributed by atoms with E-state index < -0.39 is 0 Å². The van der Waals surface area contributed by atoms with E-state index in [1.54, 1.807) is 6.07 Å². The van der Waals surface area contributed by atoms with Crippen molar-refractivity contribution in [3.63, 3.8) is 0 Å². The molecular formula is C57H45N5. The lowest BCUT2D eigenvalue weighted by Crippen LogP contribution is -2.12. The number of hydrogen-bond acceptors (Lipinski definition) is 3. The Hall–Kier alpha value is -7.73. The average Bonchev–Trinajstić information content (AvgIpc) is 3.80. The molecule has 0 fully saturated rings. The molecule has 0 aliphatic carbocycles. The van der Waals surface area contributed by atoms with Crippen LogP contribution in [0.4, 0.5) is 0 Å². The zero-order valence-corrected chi connectivity index (χ0v) is 35.8. The molecule has 7 aromatic carbocycles. The zero-order valence-electron chi connectivity index (χ0n) is 35.8. The molecule has 10 aromatic rings. The van der Waals surface area contributed by atoms with Crippen molar-refractivity contribution in [3.05, 3.63) is 186 Å². The van der Waals surface area contributed by atoms with Crippen LogP contribution in [-0.2, 0) is 10.8 Å². The summed E-state index contributed by atoms with van der Waals surface area (Å²) in [5, 5.41) is 25.3. The maximum atomic E-state index is 10.6. The minimum Gasteiger partial charge on any atom is -0.306 e. The highest BCUT2D eigenvalue weighted by Gasteiger charge is 2.30. The van der Waals surface area contributed by atoms with E-state index in [1.807, 2.05) is 24.3 Å². The van der Waals surface area contributed by atoms with Crippen LogP contribution >= 0.6 is 0 Å². The van der Waals surface area contributed by atoms with E-state index >= 15 is 0 Å². The van der Waals surface area contributed by atoms with E-state index in [1.165, 1.54) is 11.1 Å². The number of pyridine rings is 1. The second-order valence-electron chi connectivity index (χ2n) is 18.3. The van der Waals surface area contributed by atoms with Crippen molar-refractivity contribution in [2.45, 2.75) is 52.4 Å². The van der Waals surface area contributed by atoms with Crippen molar-refractivity contribution < 1.29 is 0 Å². The van der Waals surface area contributed by atoms with Gasteiger partial charge in [0.1, 0.15) is 18.0 Å². The Morgan fingerprint density at radius 1 is 0.419 bits per heavy atom. The first-order valence-electron chi connectivity index (χ1n) is 21.2. The molecule has 0 radical (unpaired) electrons. The quantitative estimate of drug-likeness (QED) is 0.174. The zero-order chi connectivity index (χ0) is 42.9. The minimum atomic E-state index is -0.0619. The van der Waals surface area contributed by atoms with Gasteiger partial charge in [0.25, 0.3) is 0 Å². The molecule has 3 heterocycles. The lowest BCUT2D eigenvalue weighted by atomic mass is 9.86. The van der Waals surface area contributed by atoms with Gasteiger partial charge in [-0.25, -0.2) is 4.98 Å². The highest BCUT2D eigenvalue weighted by atomic mass is 15.1. The molecule has 0 saturated carbocycles. The fourth-order valence-electron chi connectivity index (χ4n) is 9.14. The van der Waals surface area contributed by atoms with E-state index in [-0.39, 0.29) is 10.8 Å². The number of fused-ring (bicyclic) bond motifs is 6. The smallest absolute Gasteiger partial charge is 0.147 e. The summed E-state index contributed by atoms with van der Waals surface area (Å²) in [6.07, 6.45) is 0. The van der Waals surface area contributed by atoms with Crippen LogP contribution in [0, 0.1) is 22.7 Å². The second kappa shape index (κ2) is 14.5. The first kappa shape index (κ1) is 38.5. The number of nitrogens with zero attached hydrogens (tertiary/aromatic N) is 5. The first-order chi connectivity index (χ1) is 30.0. The normalized spacial score (nSPS) is 12.0. The van der Waals surface area contributed by atoms with E-state index in [4.69, 9.17) is 4.98 Å². The molecule has 62 heavy (non-hydrogen) atoms. The molecule has 0 atom stereocenters. The summed E-state index contributed by atoms with van der Waals surface area (Å²) in [5.74, 6) is 0.766.